The molecule has 0 aliphatic heterocycles. The summed E-state index contributed by atoms with van der Waals surface area (Å²) in [5.41, 5.74) is -0.112. The third-order valence-corrected chi connectivity index (χ3v) is 3.78. The number of nitro groups is 1. The molecule has 2 rings (SSSR count). The molecule has 2 heterocycles. The molecule has 0 aliphatic rings. The first-order chi connectivity index (χ1) is 8.72. The van der Waals surface area contributed by atoms with Gasteiger partial charge in [-0.1, -0.05) is 0 Å². The average molecular weight is 283 g/mol. The Morgan fingerprint density at radius 3 is 2.94 bits per heavy atom. The standard InChI is InChI=1S/C9H9N5O2S2/c1-2-10-7-6(14(15)16)8(13-5-12-7)18-9-11-3-4-17-9/h3-5H,2H2,1H3,(H,10,12,13). The van der Waals surface area contributed by atoms with E-state index in [1.807, 2.05) is 6.92 Å². The summed E-state index contributed by atoms with van der Waals surface area (Å²) in [5, 5.41) is 16.1. The van der Waals surface area contributed by atoms with E-state index in [0.29, 0.717) is 15.9 Å². The number of anilines is 1. The van der Waals surface area contributed by atoms with Crippen LogP contribution < -0.4 is 5.32 Å². The van der Waals surface area contributed by atoms with Crippen LogP contribution >= 0.6 is 23.1 Å². The van der Waals surface area contributed by atoms with Gasteiger partial charge < -0.3 is 5.32 Å². The van der Waals surface area contributed by atoms with Gasteiger partial charge in [0.15, 0.2) is 9.37 Å². The van der Waals surface area contributed by atoms with Crippen LogP contribution in [0.2, 0.25) is 0 Å². The van der Waals surface area contributed by atoms with Crippen LogP contribution in [0.3, 0.4) is 0 Å². The van der Waals surface area contributed by atoms with E-state index in [1.165, 1.54) is 17.7 Å². The van der Waals surface area contributed by atoms with Crippen molar-refractivity contribution in [1.29, 1.82) is 0 Å². The molecular weight excluding hydrogens is 274 g/mol. The lowest BCUT2D eigenvalue weighted by atomic mass is 10.5. The molecule has 0 aromatic carbocycles. The Hall–Kier alpha value is -1.74. The number of nitrogens with zero attached hydrogens (tertiary/aromatic N) is 4. The van der Waals surface area contributed by atoms with Crippen molar-refractivity contribution >= 4 is 34.6 Å². The van der Waals surface area contributed by atoms with Crippen molar-refractivity contribution in [2.75, 3.05) is 11.9 Å². The normalized spacial score (nSPS) is 10.3. The van der Waals surface area contributed by atoms with E-state index in [4.69, 9.17) is 0 Å². The van der Waals surface area contributed by atoms with E-state index in [9.17, 15) is 10.1 Å². The van der Waals surface area contributed by atoms with Gasteiger partial charge in [0.05, 0.1) is 4.92 Å². The summed E-state index contributed by atoms with van der Waals surface area (Å²) in [7, 11) is 0. The number of hydrogen-bond acceptors (Lipinski definition) is 8. The first-order valence-electron chi connectivity index (χ1n) is 5.03. The van der Waals surface area contributed by atoms with Crippen molar-refractivity contribution in [1.82, 2.24) is 15.0 Å². The quantitative estimate of drug-likeness (QED) is 0.511. The van der Waals surface area contributed by atoms with E-state index in [-0.39, 0.29) is 11.5 Å². The summed E-state index contributed by atoms with van der Waals surface area (Å²) in [6.07, 6.45) is 2.95. The van der Waals surface area contributed by atoms with Crippen molar-refractivity contribution in [2.45, 2.75) is 16.3 Å². The fourth-order valence-corrected chi connectivity index (χ4v) is 2.84. The molecule has 0 amide bonds. The van der Waals surface area contributed by atoms with Crippen LogP contribution in [-0.4, -0.2) is 26.4 Å². The molecule has 9 heteroatoms. The Morgan fingerprint density at radius 1 is 1.50 bits per heavy atom. The molecule has 0 saturated carbocycles. The zero-order valence-electron chi connectivity index (χ0n) is 9.36. The van der Waals surface area contributed by atoms with Gasteiger partial charge in [0.2, 0.25) is 5.82 Å². The van der Waals surface area contributed by atoms with Crippen LogP contribution in [0.5, 0.6) is 0 Å². The monoisotopic (exact) mass is 283 g/mol. The molecule has 0 atom stereocenters. The van der Waals surface area contributed by atoms with Crippen molar-refractivity contribution in [3.63, 3.8) is 0 Å². The molecule has 0 unspecified atom stereocenters. The predicted octanol–water partition coefficient (Wildman–Crippen LogP) is 2.42. The van der Waals surface area contributed by atoms with E-state index >= 15 is 0 Å². The van der Waals surface area contributed by atoms with Gasteiger partial charge >= 0.3 is 5.69 Å². The van der Waals surface area contributed by atoms with Crippen LogP contribution in [0.25, 0.3) is 0 Å². The summed E-state index contributed by atoms with van der Waals surface area (Å²) in [4.78, 5) is 22.5. The second-order valence-corrected chi connectivity index (χ2v) is 5.19. The molecule has 2 aromatic rings. The highest BCUT2D eigenvalue weighted by Crippen LogP contribution is 2.36. The highest BCUT2D eigenvalue weighted by Gasteiger charge is 2.23. The molecule has 1 N–H and O–H groups in total. The Morgan fingerprint density at radius 2 is 2.33 bits per heavy atom. The molecule has 0 radical (unpaired) electrons. The molecule has 0 bridgehead atoms. The molecule has 0 fully saturated rings. The van der Waals surface area contributed by atoms with Crippen molar-refractivity contribution in [2.24, 2.45) is 0 Å². The maximum absolute atomic E-state index is 11.1. The molecule has 18 heavy (non-hydrogen) atoms. The number of nitrogens with one attached hydrogen (secondary N) is 1. The molecule has 7 nitrogen and oxygen atoms in total. The van der Waals surface area contributed by atoms with Gasteiger partial charge in [-0.15, -0.1) is 11.3 Å². The zero-order valence-corrected chi connectivity index (χ0v) is 11.0. The topological polar surface area (TPSA) is 93.8 Å². The van der Waals surface area contributed by atoms with E-state index in [0.717, 1.165) is 11.8 Å². The number of rotatable bonds is 5. The van der Waals surface area contributed by atoms with Crippen LogP contribution in [0, 0.1) is 10.1 Å². The maximum Gasteiger partial charge on any atom is 0.343 e. The van der Waals surface area contributed by atoms with Gasteiger partial charge in [0, 0.05) is 18.1 Å². The Balaban J connectivity index is 2.39. The fourth-order valence-electron chi connectivity index (χ4n) is 1.24. The number of aromatic nitrogens is 3. The second-order valence-electron chi connectivity index (χ2n) is 3.06. The summed E-state index contributed by atoms with van der Waals surface area (Å²) < 4.78 is 0.708. The largest absolute Gasteiger partial charge is 0.364 e. The number of thiazole rings is 1. The van der Waals surface area contributed by atoms with Gasteiger partial charge in [0.1, 0.15) is 6.33 Å². The minimum atomic E-state index is -0.478. The zero-order chi connectivity index (χ0) is 13.0. The molecule has 0 saturated heterocycles. The lowest BCUT2D eigenvalue weighted by Crippen LogP contribution is -2.05. The van der Waals surface area contributed by atoms with Gasteiger partial charge in [0.25, 0.3) is 0 Å². The molecule has 0 spiro atoms. The van der Waals surface area contributed by atoms with Crippen molar-refractivity contribution in [3.8, 4) is 0 Å². The van der Waals surface area contributed by atoms with Gasteiger partial charge in [-0.05, 0) is 18.7 Å². The van der Waals surface area contributed by atoms with E-state index < -0.39 is 4.92 Å². The molecule has 94 valence electrons. The predicted molar refractivity (Wildman–Crippen MR) is 69.1 cm³/mol. The smallest absolute Gasteiger partial charge is 0.343 e. The summed E-state index contributed by atoms with van der Waals surface area (Å²) in [5.74, 6) is 0.233. The van der Waals surface area contributed by atoms with Crippen molar-refractivity contribution < 1.29 is 4.92 Å². The second kappa shape index (κ2) is 5.74. The lowest BCUT2D eigenvalue weighted by Gasteiger charge is -2.05. The lowest BCUT2D eigenvalue weighted by molar-refractivity contribution is -0.387. The molecular formula is C9H9N5O2S2. The summed E-state index contributed by atoms with van der Waals surface area (Å²) in [6.45, 7) is 2.40. The van der Waals surface area contributed by atoms with Crippen LogP contribution in [0.1, 0.15) is 6.92 Å². The Labute approximate surface area is 111 Å². The number of hydrogen-bond donors (Lipinski definition) is 1. The van der Waals surface area contributed by atoms with Crippen LogP contribution in [0.4, 0.5) is 11.5 Å². The summed E-state index contributed by atoms with van der Waals surface area (Å²) >= 11 is 2.57. The van der Waals surface area contributed by atoms with E-state index in [1.54, 1.807) is 11.6 Å². The van der Waals surface area contributed by atoms with Gasteiger partial charge in [-0.2, -0.15) is 0 Å². The highest BCUT2D eigenvalue weighted by molar-refractivity contribution is 8.01. The van der Waals surface area contributed by atoms with Gasteiger partial charge in [-0.25, -0.2) is 15.0 Å². The Kier molecular flexibility index (Phi) is 4.05. The maximum atomic E-state index is 11.1. The van der Waals surface area contributed by atoms with Crippen LogP contribution in [0.15, 0.2) is 27.3 Å². The molecule has 2 aromatic heterocycles. The van der Waals surface area contributed by atoms with E-state index in [2.05, 4.69) is 20.3 Å². The van der Waals surface area contributed by atoms with Gasteiger partial charge in [-0.3, -0.25) is 10.1 Å². The van der Waals surface area contributed by atoms with Crippen molar-refractivity contribution in [3.05, 3.63) is 28.0 Å². The molecule has 0 aliphatic carbocycles. The fraction of sp³-hybridized carbons (Fsp3) is 0.222. The first kappa shape index (κ1) is 12.7. The Bertz CT molecular complexity index is 546. The SMILES string of the molecule is CCNc1ncnc(Sc2nccs2)c1[N+](=O)[O-]. The third kappa shape index (κ3) is 2.74. The summed E-state index contributed by atoms with van der Waals surface area (Å²) in [6, 6.07) is 0. The minimum absolute atomic E-state index is 0.112. The average Bonchev–Trinajstić information content (AvgIpc) is 2.82. The highest BCUT2D eigenvalue weighted by atomic mass is 32.2. The minimum Gasteiger partial charge on any atom is -0.364 e. The first-order valence-corrected chi connectivity index (χ1v) is 6.72. The third-order valence-electron chi connectivity index (χ3n) is 1.91. The van der Waals surface area contributed by atoms with Crippen LogP contribution in [-0.2, 0) is 0 Å².